The average molecular weight is 334 g/mol. The summed E-state index contributed by atoms with van der Waals surface area (Å²) in [6, 6.07) is 5.60. The maximum absolute atomic E-state index is 13.0. The summed E-state index contributed by atoms with van der Waals surface area (Å²) in [5.41, 5.74) is 0.350. The molecule has 0 spiro atoms. The van der Waals surface area contributed by atoms with Crippen molar-refractivity contribution in [2.75, 3.05) is 5.32 Å². The highest BCUT2D eigenvalue weighted by Crippen LogP contribution is 2.27. The first-order valence-corrected chi connectivity index (χ1v) is 7.55. The molecule has 1 fully saturated rings. The molecular formula is C16H16F2N4O2. The molecule has 1 saturated heterocycles. The van der Waals surface area contributed by atoms with Gasteiger partial charge in [0.1, 0.15) is 11.9 Å². The number of anilines is 1. The largest absolute Gasteiger partial charge is 0.357 e. The first kappa shape index (κ1) is 16.2. The summed E-state index contributed by atoms with van der Waals surface area (Å²) >= 11 is 0. The summed E-state index contributed by atoms with van der Waals surface area (Å²) in [5, 5.41) is 3.37. The van der Waals surface area contributed by atoms with Crippen LogP contribution in [0.5, 0.6) is 0 Å². The molecule has 0 radical (unpaired) electrons. The molecule has 1 aromatic heterocycles. The zero-order chi connectivity index (χ0) is 17.4. The van der Waals surface area contributed by atoms with E-state index >= 15 is 0 Å². The number of carbonyl (C=O) groups excluding carboxylic acids is 2. The molecule has 126 valence electrons. The molecule has 1 N–H and O–H groups in total. The van der Waals surface area contributed by atoms with Gasteiger partial charge in [0.25, 0.3) is 12.3 Å². The molecule has 1 aromatic carbocycles. The Kier molecular flexibility index (Phi) is 4.13. The molecule has 2 amide bonds. The van der Waals surface area contributed by atoms with Gasteiger partial charge in [-0.05, 0) is 26.0 Å². The number of imide groups is 1. The van der Waals surface area contributed by atoms with Gasteiger partial charge in [0.15, 0.2) is 5.82 Å². The number of halogens is 2. The Labute approximate surface area is 136 Å². The molecule has 24 heavy (non-hydrogen) atoms. The van der Waals surface area contributed by atoms with Gasteiger partial charge < -0.3 is 5.32 Å². The summed E-state index contributed by atoms with van der Waals surface area (Å²) < 4.78 is 26.0. The third-order valence-corrected chi connectivity index (χ3v) is 3.83. The molecule has 0 unspecified atom stereocenters. The van der Waals surface area contributed by atoms with E-state index in [4.69, 9.17) is 0 Å². The summed E-state index contributed by atoms with van der Waals surface area (Å²) in [5.74, 6) is -1.16. The Bertz CT molecular complexity index is 810. The van der Waals surface area contributed by atoms with E-state index in [1.165, 1.54) is 4.90 Å². The van der Waals surface area contributed by atoms with E-state index in [0.29, 0.717) is 10.9 Å². The van der Waals surface area contributed by atoms with Gasteiger partial charge in [0.2, 0.25) is 5.91 Å². The van der Waals surface area contributed by atoms with Crippen LogP contribution in [0.4, 0.5) is 14.6 Å². The van der Waals surface area contributed by atoms with Crippen LogP contribution in [0.25, 0.3) is 10.9 Å². The summed E-state index contributed by atoms with van der Waals surface area (Å²) in [7, 11) is 0. The number of likely N-dealkylation sites (tertiary alicyclic amines) is 1. The van der Waals surface area contributed by atoms with E-state index in [2.05, 4.69) is 15.3 Å². The van der Waals surface area contributed by atoms with Crippen molar-refractivity contribution in [3.05, 3.63) is 30.1 Å². The van der Waals surface area contributed by atoms with Crippen LogP contribution in [0.15, 0.2) is 24.3 Å². The Hall–Kier alpha value is -2.64. The maximum atomic E-state index is 13.0. The number of amides is 2. The van der Waals surface area contributed by atoms with Crippen LogP contribution in [-0.2, 0) is 9.59 Å². The molecule has 2 heterocycles. The van der Waals surface area contributed by atoms with Crippen LogP contribution in [0, 0.1) is 0 Å². The smallest absolute Gasteiger partial charge is 0.297 e. The number of para-hydroxylation sites is 1. The minimum atomic E-state index is -2.83. The van der Waals surface area contributed by atoms with Crippen molar-refractivity contribution in [2.45, 2.75) is 38.8 Å². The first-order valence-electron chi connectivity index (χ1n) is 7.55. The van der Waals surface area contributed by atoms with Crippen molar-refractivity contribution in [1.29, 1.82) is 0 Å². The van der Waals surface area contributed by atoms with Gasteiger partial charge in [0.05, 0.1) is 11.9 Å². The molecule has 2 aromatic rings. The second kappa shape index (κ2) is 6.10. The molecule has 0 bridgehead atoms. The monoisotopic (exact) mass is 334 g/mol. The van der Waals surface area contributed by atoms with E-state index < -0.39 is 18.3 Å². The van der Waals surface area contributed by atoms with Crippen molar-refractivity contribution in [1.82, 2.24) is 14.9 Å². The maximum Gasteiger partial charge on any atom is 0.297 e. The number of nitrogens with one attached hydrogen (secondary N) is 1. The van der Waals surface area contributed by atoms with Gasteiger partial charge in [-0.1, -0.05) is 12.1 Å². The number of benzene rings is 1. The zero-order valence-corrected chi connectivity index (χ0v) is 13.2. The predicted octanol–water partition coefficient (Wildman–Crippen LogP) is 2.52. The molecule has 0 aliphatic carbocycles. The lowest BCUT2D eigenvalue weighted by Gasteiger charge is -2.19. The van der Waals surface area contributed by atoms with Crippen molar-refractivity contribution in [3.8, 4) is 0 Å². The lowest BCUT2D eigenvalue weighted by atomic mass is 10.2. The molecule has 3 rings (SSSR count). The minimum absolute atomic E-state index is 0.0284. The number of rotatable bonds is 4. The van der Waals surface area contributed by atoms with Gasteiger partial charge in [-0.2, -0.15) is 0 Å². The minimum Gasteiger partial charge on any atom is -0.357 e. The van der Waals surface area contributed by atoms with Crippen LogP contribution in [0.1, 0.15) is 32.5 Å². The summed E-state index contributed by atoms with van der Waals surface area (Å²) in [6.45, 7) is 3.49. The standard InChI is InChI=1S/C16H16F2N4O2/c1-8(2)22-12(23)7-11(16(22)24)20-14-9-5-3-4-6-10(9)19-15(21-14)13(17)18/h3-6,8,11,13H,7H2,1-2H3,(H,19,20,21)/t11-/m1/s1. The number of hydrogen-bond donors (Lipinski definition) is 1. The lowest BCUT2D eigenvalue weighted by Crippen LogP contribution is -2.39. The Morgan fingerprint density at radius 1 is 1.21 bits per heavy atom. The Morgan fingerprint density at radius 2 is 1.92 bits per heavy atom. The van der Waals surface area contributed by atoms with Gasteiger partial charge in [-0.25, -0.2) is 18.7 Å². The fourth-order valence-electron chi connectivity index (χ4n) is 2.77. The quantitative estimate of drug-likeness (QED) is 0.870. The van der Waals surface area contributed by atoms with Gasteiger partial charge in [0, 0.05) is 11.4 Å². The summed E-state index contributed by atoms with van der Waals surface area (Å²) in [4.78, 5) is 33.2. The van der Waals surface area contributed by atoms with Crippen LogP contribution < -0.4 is 5.32 Å². The van der Waals surface area contributed by atoms with E-state index in [0.717, 1.165) is 0 Å². The highest BCUT2D eigenvalue weighted by molar-refractivity contribution is 6.07. The second-order valence-corrected chi connectivity index (χ2v) is 5.85. The topological polar surface area (TPSA) is 75.2 Å². The normalized spacial score (nSPS) is 18.2. The lowest BCUT2D eigenvalue weighted by molar-refractivity contribution is -0.140. The van der Waals surface area contributed by atoms with Crippen molar-refractivity contribution in [2.24, 2.45) is 0 Å². The SMILES string of the molecule is CC(C)N1C(=O)C[C@@H](Nc2nc(C(F)F)nc3ccccc23)C1=O. The van der Waals surface area contributed by atoms with Crippen molar-refractivity contribution < 1.29 is 18.4 Å². The second-order valence-electron chi connectivity index (χ2n) is 5.85. The van der Waals surface area contributed by atoms with Crippen LogP contribution in [-0.4, -0.2) is 38.8 Å². The van der Waals surface area contributed by atoms with E-state index in [9.17, 15) is 18.4 Å². The van der Waals surface area contributed by atoms with Crippen LogP contribution in [0.2, 0.25) is 0 Å². The van der Waals surface area contributed by atoms with E-state index in [-0.39, 0.29) is 30.1 Å². The van der Waals surface area contributed by atoms with Crippen LogP contribution >= 0.6 is 0 Å². The summed E-state index contributed by atoms with van der Waals surface area (Å²) in [6.07, 6.45) is -2.86. The first-order chi connectivity index (χ1) is 11.4. The Morgan fingerprint density at radius 3 is 2.54 bits per heavy atom. The molecule has 1 aliphatic rings. The Balaban J connectivity index is 1.98. The molecule has 6 nitrogen and oxygen atoms in total. The third-order valence-electron chi connectivity index (χ3n) is 3.83. The van der Waals surface area contributed by atoms with Gasteiger partial charge in [-0.3, -0.25) is 14.5 Å². The molecule has 1 aliphatic heterocycles. The number of alkyl halides is 2. The molecular weight excluding hydrogens is 318 g/mol. The number of carbonyl (C=O) groups is 2. The van der Waals surface area contributed by atoms with E-state index in [1.54, 1.807) is 38.1 Å². The number of aromatic nitrogens is 2. The van der Waals surface area contributed by atoms with E-state index in [1.807, 2.05) is 0 Å². The molecule has 0 saturated carbocycles. The fraction of sp³-hybridized carbons (Fsp3) is 0.375. The molecule has 1 atom stereocenters. The predicted molar refractivity (Wildman–Crippen MR) is 83.5 cm³/mol. The fourth-order valence-corrected chi connectivity index (χ4v) is 2.77. The van der Waals surface area contributed by atoms with Gasteiger partial charge >= 0.3 is 0 Å². The molecule has 8 heteroatoms. The number of hydrogen-bond acceptors (Lipinski definition) is 5. The number of fused-ring (bicyclic) bond motifs is 1. The highest BCUT2D eigenvalue weighted by atomic mass is 19.3. The zero-order valence-electron chi connectivity index (χ0n) is 13.2. The van der Waals surface area contributed by atoms with Crippen LogP contribution in [0.3, 0.4) is 0 Å². The third kappa shape index (κ3) is 2.79. The van der Waals surface area contributed by atoms with Gasteiger partial charge in [-0.15, -0.1) is 0 Å². The highest BCUT2D eigenvalue weighted by Gasteiger charge is 2.40. The van der Waals surface area contributed by atoms with Crippen molar-refractivity contribution >= 4 is 28.5 Å². The number of nitrogens with zero attached hydrogens (tertiary/aromatic N) is 3. The van der Waals surface area contributed by atoms with Crippen molar-refractivity contribution in [3.63, 3.8) is 0 Å². The average Bonchev–Trinajstić information content (AvgIpc) is 2.81.